The Kier molecular flexibility index (Phi) is 4.27. The number of nitrogen functional groups attached to an aromatic ring is 1. The van der Waals surface area contributed by atoms with Crippen LogP contribution < -0.4 is 11.1 Å². The van der Waals surface area contributed by atoms with Gasteiger partial charge in [0, 0.05) is 21.9 Å². The second-order valence-corrected chi connectivity index (χ2v) is 5.64. The summed E-state index contributed by atoms with van der Waals surface area (Å²) in [5.74, 6) is -2.78. The second-order valence-electron chi connectivity index (χ2n) is 4.72. The number of benzene rings is 2. The van der Waals surface area contributed by atoms with Crippen LogP contribution in [0.1, 0.15) is 21.5 Å². The maximum Gasteiger partial charge on any atom is 0.257 e. The van der Waals surface area contributed by atoms with Crippen LogP contribution in [0.25, 0.3) is 0 Å². The Balaban J connectivity index is 2.37. The summed E-state index contributed by atoms with van der Waals surface area (Å²) in [6.07, 6.45) is 0. The molecule has 0 atom stereocenters. The van der Waals surface area contributed by atoms with E-state index in [9.17, 15) is 13.6 Å². The van der Waals surface area contributed by atoms with E-state index in [2.05, 4.69) is 21.2 Å². The molecule has 2 aromatic carbocycles. The number of anilines is 2. The van der Waals surface area contributed by atoms with Crippen molar-refractivity contribution in [3.05, 3.63) is 57.1 Å². The van der Waals surface area contributed by atoms with Gasteiger partial charge in [-0.3, -0.25) is 4.79 Å². The van der Waals surface area contributed by atoms with Crippen LogP contribution >= 0.6 is 15.9 Å². The number of amides is 1. The van der Waals surface area contributed by atoms with Gasteiger partial charge in [0.15, 0.2) is 11.6 Å². The van der Waals surface area contributed by atoms with Gasteiger partial charge < -0.3 is 11.1 Å². The lowest BCUT2D eigenvalue weighted by molar-refractivity contribution is 0.102. The van der Waals surface area contributed by atoms with Crippen molar-refractivity contribution in [3.8, 4) is 0 Å². The Morgan fingerprint density at radius 1 is 1.10 bits per heavy atom. The lowest BCUT2D eigenvalue weighted by Crippen LogP contribution is -2.16. The zero-order valence-corrected chi connectivity index (χ0v) is 13.0. The van der Waals surface area contributed by atoms with Crippen LogP contribution in [0.4, 0.5) is 20.2 Å². The van der Waals surface area contributed by atoms with Crippen LogP contribution in [-0.2, 0) is 0 Å². The van der Waals surface area contributed by atoms with Gasteiger partial charge in [-0.05, 0) is 43.2 Å². The Hall–Kier alpha value is -1.95. The Morgan fingerprint density at radius 2 is 1.62 bits per heavy atom. The molecule has 110 valence electrons. The molecule has 0 aliphatic rings. The average molecular weight is 355 g/mol. The molecule has 1 amide bonds. The predicted octanol–water partition coefficient (Wildman–Crippen LogP) is 4.18. The third-order valence-corrected chi connectivity index (χ3v) is 3.53. The van der Waals surface area contributed by atoms with E-state index in [0.29, 0.717) is 5.69 Å². The summed E-state index contributed by atoms with van der Waals surface area (Å²) in [6, 6.07) is 5.28. The molecule has 0 saturated heterocycles. The van der Waals surface area contributed by atoms with E-state index in [1.54, 1.807) is 0 Å². The van der Waals surface area contributed by atoms with Gasteiger partial charge in [0.2, 0.25) is 0 Å². The van der Waals surface area contributed by atoms with E-state index in [1.807, 2.05) is 26.0 Å². The fourth-order valence-electron chi connectivity index (χ4n) is 2.05. The number of carbonyl (C=O) groups excluding carboxylic acids is 1. The molecule has 0 aliphatic carbocycles. The number of nitrogens with one attached hydrogen (secondary N) is 1. The number of hydrogen-bond donors (Lipinski definition) is 2. The van der Waals surface area contributed by atoms with Crippen molar-refractivity contribution in [2.75, 3.05) is 11.1 Å². The first kappa shape index (κ1) is 15.4. The summed E-state index contributed by atoms with van der Waals surface area (Å²) >= 11 is 3.36. The predicted molar refractivity (Wildman–Crippen MR) is 82.3 cm³/mol. The lowest BCUT2D eigenvalue weighted by Gasteiger charge is -2.13. The van der Waals surface area contributed by atoms with E-state index >= 15 is 0 Å². The maximum absolute atomic E-state index is 13.3. The quantitative estimate of drug-likeness (QED) is 0.794. The third-order valence-electron chi connectivity index (χ3n) is 3.07. The van der Waals surface area contributed by atoms with Gasteiger partial charge in [0.25, 0.3) is 5.91 Å². The van der Waals surface area contributed by atoms with Crippen LogP contribution in [-0.4, -0.2) is 5.91 Å². The molecule has 6 heteroatoms. The molecule has 2 rings (SSSR count). The standard InChI is InChI=1S/C15H13BrF2N2O/c1-7-3-9(16)4-8(2)14(7)20-15(21)10-5-11(17)12(18)6-13(10)19/h3-6H,19H2,1-2H3,(H,20,21). The van der Waals surface area contributed by atoms with E-state index in [-0.39, 0.29) is 11.3 Å². The minimum Gasteiger partial charge on any atom is -0.398 e. The first-order valence-corrected chi connectivity index (χ1v) is 6.91. The van der Waals surface area contributed by atoms with Crippen LogP contribution in [0.15, 0.2) is 28.7 Å². The first-order chi connectivity index (χ1) is 9.79. The minimum atomic E-state index is -1.11. The van der Waals surface area contributed by atoms with Gasteiger partial charge in [-0.15, -0.1) is 0 Å². The molecule has 0 aliphatic heterocycles. The van der Waals surface area contributed by atoms with Crippen LogP contribution in [0, 0.1) is 25.5 Å². The first-order valence-electron chi connectivity index (χ1n) is 6.12. The van der Waals surface area contributed by atoms with Crippen molar-refractivity contribution >= 4 is 33.2 Å². The zero-order chi connectivity index (χ0) is 15.7. The fourth-order valence-corrected chi connectivity index (χ4v) is 2.73. The Bertz CT molecular complexity index is 709. The van der Waals surface area contributed by atoms with E-state index in [1.165, 1.54) is 0 Å². The summed E-state index contributed by atoms with van der Waals surface area (Å²) in [5, 5.41) is 2.68. The highest BCUT2D eigenvalue weighted by molar-refractivity contribution is 9.10. The molecule has 0 fully saturated rings. The highest BCUT2D eigenvalue weighted by Crippen LogP contribution is 2.26. The highest BCUT2D eigenvalue weighted by Gasteiger charge is 2.16. The molecular weight excluding hydrogens is 342 g/mol. The van der Waals surface area contributed by atoms with Gasteiger partial charge in [-0.25, -0.2) is 8.78 Å². The fraction of sp³-hybridized carbons (Fsp3) is 0.133. The summed E-state index contributed by atoms with van der Waals surface area (Å²) in [5.41, 5.74) is 7.66. The number of halogens is 3. The zero-order valence-electron chi connectivity index (χ0n) is 11.4. The molecule has 0 bridgehead atoms. The van der Waals surface area contributed by atoms with Crippen molar-refractivity contribution in [3.63, 3.8) is 0 Å². The summed E-state index contributed by atoms with van der Waals surface area (Å²) in [7, 11) is 0. The largest absolute Gasteiger partial charge is 0.398 e. The lowest BCUT2D eigenvalue weighted by atomic mass is 10.1. The number of aryl methyl sites for hydroxylation is 2. The third kappa shape index (κ3) is 3.21. The van der Waals surface area contributed by atoms with Gasteiger partial charge in [0.05, 0.1) is 5.56 Å². The van der Waals surface area contributed by atoms with Gasteiger partial charge in [-0.2, -0.15) is 0 Å². The second kappa shape index (κ2) is 5.81. The van der Waals surface area contributed by atoms with Gasteiger partial charge in [0.1, 0.15) is 0 Å². The van der Waals surface area contributed by atoms with Crippen LogP contribution in [0.3, 0.4) is 0 Å². The molecule has 0 unspecified atom stereocenters. The van der Waals surface area contributed by atoms with Crippen LogP contribution in [0.2, 0.25) is 0 Å². The average Bonchev–Trinajstić information content (AvgIpc) is 2.37. The van der Waals surface area contributed by atoms with Crippen molar-refractivity contribution in [2.24, 2.45) is 0 Å². The van der Waals surface area contributed by atoms with Crippen molar-refractivity contribution in [1.82, 2.24) is 0 Å². The monoisotopic (exact) mass is 354 g/mol. The molecule has 2 aromatic rings. The molecule has 21 heavy (non-hydrogen) atoms. The molecular formula is C15H13BrF2N2O. The normalized spacial score (nSPS) is 10.5. The van der Waals surface area contributed by atoms with Gasteiger partial charge in [-0.1, -0.05) is 15.9 Å². The molecule has 0 heterocycles. The molecule has 3 nitrogen and oxygen atoms in total. The Labute approximate surface area is 129 Å². The number of nitrogens with two attached hydrogens (primary N) is 1. The van der Waals surface area contributed by atoms with Crippen molar-refractivity contribution in [1.29, 1.82) is 0 Å². The van der Waals surface area contributed by atoms with Crippen molar-refractivity contribution < 1.29 is 13.6 Å². The molecule has 0 saturated carbocycles. The van der Waals surface area contributed by atoms with E-state index < -0.39 is 17.5 Å². The number of rotatable bonds is 2. The van der Waals surface area contributed by atoms with Gasteiger partial charge >= 0.3 is 0 Å². The van der Waals surface area contributed by atoms with E-state index in [0.717, 1.165) is 27.7 Å². The summed E-state index contributed by atoms with van der Waals surface area (Å²) in [4.78, 5) is 12.2. The summed E-state index contributed by atoms with van der Waals surface area (Å²) in [6.45, 7) is 3.67. The highest BCUT2D eigenvalue weighted by atomic mass is 79.9. The minimum absolute atomic E-state index is 0.101. The summed E-state index contributed by atoms with van der Waals surface area (Å²) < 4.78 is 27.2. The molecule has 0 aromatic heterocycles. The number of hydrogen-bond acceptors (Lipinski definition) is 2. The molecule has 0 radical (unpaired) electrons. The van der Waals surface area contributed by atoms with Crippen molar-refractivity contribution in [2.45, 2.75) is 13.8 Å². The maximum atomic E-state index is 13.3. The molecule has 0 spiro atoms. The SMILES string of the molecule is Cc1cc(Br)cc(C)c1NC(=O)c1cc(F)c(F)cc1N. The topological polar surface area (TPSA) is 55.1 Å². The Morgan fingerprint density at radius 3 is 2.19 bits per heavy atom. The molecule has 3 N–H and O–H groups in total. The smallest absolute Gasteiger partial charge is 0.257 e. The van der Waals surface area contributed by atoms with E-state index in [4.69, 9.17) is 5.73 Å². The number of carbonyl (C=O) groups is 1. The van der Waals surface area contributed by atoms with Crippen LogP contribution in [0.5, 0.6) is 0 Å².